The second-order valence-corrected chi connectivity index (χ2v) is 3.23. The van der Waals surface area contributed by atoms with Gasteiger partial charge in [-0.15, -0.1) is 11.8 Å². The molecule has 0 aliphatic heterocycles. The van der Waals surface area contributed by atoms with Gasteiger partial charge in [0.25, 0.3) is 0 Å². The largest absolute Gasteiger partial charge is 0.468 e. The van der Waals surface area contributed by atoms with Gasteiger partial charge in [0.1, 0.15) is 0 Å². The van der Waals surface area contributed by atoms with Gasteiger partial charge in [0.2, 0.25) is 0 Å². The first kappa shape index (κ1) is 11.7. The number of carbonyl (C=O) groups is 1. The van der Waals surface area contributed by atoms with Gasteiger partial charge in [-0.1, -0.05) is 0 Å². The average Bonchev–Trinajstić information content (AvgIpc) is 2.04. The Morgan fingerprint density at radius 2 is 2.25 bits per heavy atom. The summed E-state index contributed by atoms with van der Waals surface area (Å²) >= 11 is 1.33. The number of carbonyl (C=O) groups excluding carboxylic acids is 1. The standard InChI is InChI=1S/C7H14O4S/c1-10-3-6(8)4-12-5-7(9)11-2/h6,8H,3-5H2,1-2H3. The van der Waals surface area contributed by atoms with E-state index < -0.39 is 6.10 Å². The Balaban J connectivity index is 3.24. The van der Waals surface area contributed by atoms with Gasteiger partial charge in [-0.05, 0) is 0 Å². The first-order valence-electron chi connectivity index (χ1n) is 3.52. The summed E-state index contributed by atoms with van der Waals surface area (Å²) in [5.41, 5.74) is 0. The molecule has 0 fully saturated rings. The fourth-order valence-corrected chi connectivity index (χ4v) is 1.35. The fourth-order valence-electron chi connectivity index (χ4n) is 0.578. The second kappa shape index (κ2) is 7.39. The average molecular weight is 194 g/mol. The van der Waals surface area contributed by atoms with Crippen molar-refractivity contribution in [2.24, 2.45) is 0 Å². The maximum Gasteiger partial charge on any atom is 0.315 e. The van der Waals surface area contributed by atoms with Crippen LogP contribution in [0.3, 0.4) is 0 Å². The molecule has 5 heteroatoms. The van der Waals surface area contributed by atoms with Gasteiger partial charge < -0.3 is 14.6 Å². The number of esters is 1. The summed E-state index contributed by atoms with van der Waals surface area (Å²) < 4.78 is 9.13. The predicted octanol–water partition coefficient (Wildman–Crippen LogP) is -0.100. The summed E-state index contributed by atoms with van der Waals surface area (Å²) in [6.45, 7) is 0.300. The summed E-state index contributed by atoms with van der Waals surface area (Å²) in [5.74, 6) is 0.491. The highest BCUT2D eigenvalue weighted by atomic mass is 32.2. The van der Waals surface area contributed by atoms with Gasteiger partial charge in [0, 0.05) is 12.9 Å². The third kappa shape index (κ3) is 6.45. The lowest BCUT2D eigenvalue weighted by atomic mass is 10.4. The van der Waals surface area contributed by atoms with Crippen LogP contribution in [0.15, 0.2) is 0 Å². The molecule has 0 spiro atoms. The molecule has 72 valence electrons. The van der Waals surface area contributed by atoms with E-state index in [1.54, 1.807) is 0 Å². The van der Waals surface area contributed by atoms with E-state index in [0.717, 1.165) is 0 Å². The van der Waals surface area contributed by atoms with Crippen LogP contribution in [0.2, 0.25) is 0 Å². The molecule has 1 atom stereocenters. The van der Waals surface area contributed by atoms with Crippen LogP contribution in [0.5, 0.6) is 0 Å². The zero-order valence-corrected chi connectivity index (χ0v) is 8.10. The van der Waals surface area contributed by atoms with E-state index >= 15 is 0 Å². The van der Waals surface area contributed by atoms with Crippen LogP contribution in [0.1, 0.15) is 0 Å². The lowest BCUT2D eigenvalue weighted by Gasteiger charge is -2.07. The second-order valence-electron chi connectivity index (χ2n) is 2.20. The maximum atomic E-state index is 10.6. The van der Waals surface area contributed by atoms with Crippen LogP contribution in [0.25, 0.3) is 0 Å². The summed E-state index contributed by atoms with van der Waals surface area (Å²) in [5, 5.41) is 9.14. The Bertz CT molecular complexity index is 129. The lowest BCUT2D eigenvalue weighted by Crippen LogP contribution is -2.18. The monoisotopic (exact) mass is 194 g/mol. The Morgan fingerprint density at radius 3 is 2.75 bits per heavy atom. The van der Waals surface area contributed by atoms with Crippen molar-refractivity contribution in [2.75, 3.05) is 32.3 Å². The van der Waals surface area contributed by atoms with Gasteiger partial charge in [-0.25, -0.2) is 0 Å². The molecule has 1 N–H and O–H groups in total. The molecular weight excluding hydrogens is 180 g/mol. The van der Waals surface area contributed by atoms with Crippen molar-refractivity contribution in [3.63, 3.8) is 0 Å². The highest BCUT2D eigenvalue weighted by Gasteiger charge is 2.05. The molecule has 0 saturated heterocycles. The lowest BCUT2D eigenvalue weighted by molar-refractivity contribution is -0.137. The van der Waals surface area contributed by atoms with Gasteiger partial charge in [-0.3, -0.25) is 4.79 Å². The molecule has 0 aromatic heterocycles. The summed E-state index contributed by atoms with van der Waals surface area (Å²) in [7, 11) is 2.86. The van der Waals surface area contributed by atoms with Crippen LogP contribution in [0.4, 0.5) is 0 Å². The Kier molecular flexibility index (Phi) is 7.23. The molecule has 1 unspecified atom stereocenters. The predicted molar refractivity (Wildman–Crippen MR) is 47.2 cm³/mol. The van der Waals surface area contributed by atoms with Crippen molar-refractivity contribution < 1.29 is 19.4 Å². The minimum atomic E-state index is -0.510. The molecule has 0 amide bonds. The highest BCUT2D eigenvalue weighted by molar-refractivity contribution is 7.99. The molecule has 0 aliphatic rings. The number of thioether (sulfide) groups is 1. The number of aliphatic hydroxyl groups is 1. The first-order chi connectivity index (χ1) is 5.70. The molecule has 0 aliphatic carbocycles. The molecule has 12 heavy (non-hydrogen) atoms. The van der Waals surface area contributed by atoms with Crippen molar-refractivity contribution in [3.8, 4) is 0 Å². The maximum absolute atomic E-state index is 10.6. The Labute approximate surface area is 76.2 Å². The van der Waals surface area contributed by atoms with E-state index in [4.69, 9.17) is 9.84 Å². The zero-order chi connectivity index (χ0) is 9.40. The Hall–Kier alpha value is -0.260. The van der Waals surface area contributed by atoms with Crippen LogP contribution in [0, 0.1) is 0 Å². The van der Waals surface area contributed by atoms with Crippen LogP contribution in [-0.4, -0.2) is 49.5 Å². The SMILES string of the molecule is COCC(O)CSCC(=O)OC. The van der Waals surface area contributed by atoms with E-state index in [1.807, 2.05) is 0 Å². The topological polar surface area (TPSA) is 55.8 Å². The number of hydrogen-bond acceptors (Lipinski definition) is 5. The molecule has 0 radical (unpaired) electrons. The quantitative estimate of drug-likeness (QED) is 0.598. The van der Waals surface area contributed by atoms with Crippen LogP contribution < -0.4 is 0 Å². The van der Waals surface area contributed by atoms with E-state index in [9.17, 15) is 4.79 Å². The van der Waals surface area contributed by atoms with E-state index in [-0.39, 0.29) is 11.7 Å². The third-order valence-electron chi connectivity index (χ3n) is 1.12. The van der Waals surface area contributed by atoms with Gasteiger partial charge in [-0.2, -0.15) is 0 Å². The van der Waals surface area contributed by atoms with E-state index in [0.29, 0.717) is 12.4 Å². The molecule has 0 bridgehead atoms. The van der Waals surface area contributed by atoms with E-state index in [1.165, 1.54) is 26.0 Å². The third-order valence-corrected chi connectivity index (χ3v) is 2.18. The molecule has 0 rings (SSSR count). The molecule has 4 nitrogen and oxygen atoms in total. The summed E-state index contributed by atoms with van der Waals surface area (Å²) in [4.78, 5) is 10.6. The first-order valence-corrected chi connectivity index (χ1v) is 4.67. The molecule has 0 aromatic carbocycles. The van der Waals surface area contributed by atoms with Crippen molar-refractivity contribution >= 4 is 17.7 Å². The van der Waals surface area contributed by atoms with Crippen molar-refractivity contribution in [3.05, 3.63) is 0 Å². The fraction of sp³-hybridized carbons (Fsp3) is 0.857. The normalized spacial score (nSPS) is 12.6. The zero-order valence-electron chi connectivity index (χ0n) is 7.28. The van der Waals surface area contributed by atoms with E-state index in [2.05, 4.69) is 4.74 Å². The smallest absolute Gasteiger partial charge is 0.315 e. The van der Waals surface area contributed by atoms with Gasteiger partial charge in [0.05, 0.1) is 25.6 Å². The van der Waals surface area contributed by atoms with Crippen LogP contribution in [-0.2, 0) is 14.3 Å². The number of hydrogen-bond donors (Lipinski definition) is 1. The number of aliphatic hydroxyl groups excluding tert-OH is 1. The molecule has 0 heterocycles. The van der Waals surface area contributed by atoms with Crippen molar-refractivity contribution in [2.45, 2.75) is 6.10 Å². The highest BCUT2D eigenvalue weighted by Crippen LogP contribution is 2.03. The summed E-state index contributed by atoms with van der Waals surface area (Å²) in [6, 6.07) is 0. The van der Waals surface area contributed by atoms with Crippen molar-refractivity contribution in [1.29, 1.82) is 0 Å². The molecule has 0 aromatic rings. The molecule has 0 saturated carbocycles. The van der Waals surface area contributed by atoms with Crippen molar-refractivity contribution in [1.82, 2.24) is 0 Å². The molecular formula is C7H14O4S. The van der Waals surface area contributed by atoms with Crippen LogP contribution >= 0.6 is 11.8 Å². The van der Waals surface area contributed by atoms with Gasteiger partial charge >= 0.3 is 5.97 Å². The minimum absolute atomic E-state index is 0.274. The number of ether oxygens (including phenoxy) is 2. The summed E-state index contributed by atoms with van der Waals surface area (Å²) in [6.07, 6.45) is -0.510. The van der Waals surface area contributed by atoms with Gasteiger partial charge in [0.15, 0.2) is 0 Å². The number of methoxy groups -OCH3 is 2. The Morgan fingerprint density at radius 1 is 1.58 bits per heavy atom. The minimum Gasteiger partial charge on any atom is -0.468 e. The number of rotatable bonds is 6.